The molecule has 0 aromatic carbocycles. The number of ketones is 1. The molecule has 0 bridgehead atoms. The topological polar surface area (TPSA) is 63.3 Å². The largest absolute Gasteiger partial charge is 0.395 e. The van der Waals surface area contributed by atoms with Crippen molar-refractivity contribution in [1.82, 2.24) is 0 Å². The fourth-order valence-electron chi connectivity index (χ4n) is 0.695. The highest BCUT2D eigenvalue weighted by Gasteiger charge is 2.11. The zero-order valence-corrected chi connectivity index (χ0v) is 6.50. The van der Waals surface area contributed by atoms with Gasteiger partial charge in [-0.3, -0.25) is 4.79 Å². The summed E-state index contributed by atoms with van der Waals surface area (Å²) in [7, 11) is 0. The molecule has 3 nitrogen and oxygen atoms in total. The lowest BCUT2D eigenvalue weighted by atomic mass is 9.99. The van der Waals surface area contributed by atoms with E-state index < -0.39 is 0 Å². The molecule has 3 heteroatoms. The Bertz CT molecular complexity index is 114. The van der Waals surface area contributed by atoms with Crippen LogP contribution in [0.15, 0.2) is 0 Å². The van der Waals surface area contributed by atoms with E-state index in [0.717, 1.165) is 0 Å². The summed E-state index contributed by atoms with van der Waals surface area (Å²) in [5.74, 6) is 0.103. The van der Waals surface area contributed by atoms with Gasteiger partial charge in [0.1, 0.15) is 5.78 Å². The van der Waals surface area contributed by atoms with Crippen LogP contribution in [-0.4, -0.2) is 23.5 Å². The molecule has 0 aliphatic heterocycles. The van der Waals surface area contributed by atoms with Crippen molar-refractivity contribution < 1.29 is 9.90 Å². The van der Waals surface area contributed by atoms with E-state index in [1.165, 1.54) is 6.92 Å². The van der Waals surface area contributed by atoms with Gasteiger partial charge in [-0.1, -0.05) is 6.92 Å². The van der Waals surface area contributed by atoms with Crippen molar-refractivity contribution in [2.24, 2.45) is 11.7 Å². The average Bonchev–Trinajstić information content (AvgIpc) is 1.87. The monoisotopic (exact) mass is 145 g/mol. The molecule has 0 spiro atoms. The minimum Gasteiger partial charge on any atom is -0.395 e. The lowest BCUT2D eigenvalue weighted by Crippen LogP contribution is -2.28. The maximum absolute atomic E-state index is 10.7. The predicted molar refractivity (Wildman–Crippen MR) is 39.5 cm³/mol. The van der Waals surface area contributed by atoms with Gasteiger partial charge in [0, 0.05) is 12.0 Å². The van der Waals surface area contributed by atoms with Gasteiger partial charge < -0.3 is 10.8 Å². The van der Waals surface area contributed by atoms with E-state index in [-0.39, 0.29) is 24.3 Å². The van der Waals surface area contributed by atoms with Gasteiger partial charge in [-0.2, -0.15) is 0 Å². The lowest BCUT2D eigenvalue weighted by Gasteiger charge is -2.11. The fourth-order valence-corrected chi connectivity index (χ4v) is 0.695. The number of rotatable bonds is 4. The number of hydrogen-bond acceptors (Lipinski definition) is 3. The molecule has 2 atom stereocenters. The van der Waals surface area contributed by atoms with Crippen LogP contribution in [0, 0.1) is 5.92 Å². The second kappa shape index (κ2) is 4.41. The Labute approximate surface area is 61.2 Å². The maximum Gasteiger partial charge on any atom is 0.132 e. The maximum atomic E-state index is 10.7. The van der Waals surface area contributed by atoms with E-state index in [4.69, 9.17) is 10.8 Å². The molecule has 0 fully saturated rings. The van der Waals surface area contributed by atoms with Gasteiger partial charge in [0.2, 0.25) is 0 Å². The number of aliphatic hydroxyl groups is 1. The first-order valence-corrected chi connectivity index (χ1v) is 3.44. The Kier molecular flexibility index (Phi) is 4.23. The first kappa shape index (κ1) is 9.59. The van der Waals surface area contributed by atoms with E-state index in [0.29, 0.717) is 6.42 Å². The molecule has 0 aliphatic rings. The molecule has 1 unspecified atom stereocenters. The van der Waals surface area contributed by atoms with E-state index in [1.807, 2.05) is 6.92 Å². The SMILES string of the molecule is CC(=O)C(C)C[C@H](N)CO. The molecule has 0 heterocycles. The van der Waals surface area contributed by atoms with Crippen molar-refractivity contribution in [2.45, 2.75) is 26.3 Å². The summed E-state index contributed by atoms with van der Waals surface area (Å²) in [6, 6.07) is -0.251. The highest BCUT2D eigenvalue weighted by Crippen LogP contribution is 2.04. The zero-order valence-electron chi connectivity index (χ0n) is 6.50. The van der Waals surface area contributed by atoms with Crippen LogP contribution < -0.4 is 5.73 Å². The smallest absolute Gasteiger partial charge is 0.132 e. The van der Waals surface area contributed by atoms with Crippen molar-refractivity contribution in [3.63, 3.8) is 0 Å². The predicted octanol–water partition coefficient (Wildman–Crippen LogP) is -0.0788. The number of nitrogens with two attached hydrogens (primary N) is 1. The van der Waals surface area contributed by atoms with Crippen molar-refractivity contribution in [3.05, 3.63) is 0 Å². The van der Waals surface area contributed by atoms with Gasteiger partial charge in [-0.05, 0) is 13.3 Å². The van der Waals surface area contributed by atoms with Gasteiger partial charge in [0.05, 0.1) is 6.61 Å². The number of hydrogen-bond donors (Lipinski definition) is 2. The van der Waals surface area contributed by atoms with E-state index in [1.54, 1.807) is 0 Å². The summed E-state index contributed by atoms with van der Waals surface area (Å²) in [5.41, 5.74) is 5.41. The number of Topliss-reactive ketones (excluding diaryl/α,β-unsaturated/α-hetero) is 1. The second-order valence-corrected chi connectivity index (χ2v) is 2.69. The van der Waals surface area contributed by atoms with Crippen LogP contribution in [-0.2, 0) is 4.79 Å². The Balaban J connectivity index is 3.56. The molecule has 0 saturated carbocycles. The van der Waals surface area contributed by atoms with Crippen molar-refractivity contribution in [2.75, 3.05) is 6.61 Å². The molecule has 0 aliphatic carbocycles. The third kappa shape index (κ3) is 3.58. The first-order chi connectivity index (χ1) is 4.57. The summed E-state index contributed by atoms with van der Waals surface area (Å²) in [4.78, 5) is 10.7. The van der Waals surface area contributed by atoms with Gasteiger partial charge in [0.15, 0.2) is 0 Å². The van der Waals surface area contributed by atoms with Crippen LogP contribution in [0.25, 0.3) is 0 Å². The molecule has 3 N–H and O–H groups in total. The van der Waals surface area contributed by atoms with Crippen LogP contribution in [0.2, 0.25) is 0 Å². The van der Waals surface area contributed by atoms with E-state index >= 15 is 0 Å². The summed E-state index contributed by atoms with van der Waals surface area (Å²) >= 11 is 0. The summed E-state index contributed by atoms with van der Waals surface area (Å²) < 4.78 is 0. The summed E-state index contributed by atoms with van der Waals surface area (Å²) in [5, 5.41) is 8.53. The Hall–Kier alpha value is -0.410. The first-order valence-electron chi connectivity index (χ1n) is 3.44. The molecule has 0 radical (unpaired) electrons. The van der Waals surface area contributed by atoms with Gasteiger partial charge in [-0.15, -0.1) is 0 Å². The molecule has 60 valence electrons. The number of carbonyl (C=O) groups excluding carboxylic acids is 1. The Morgan fingerprint density at radius 1 is 1.70 bits per heavy atom. The molecule has 10 heavy (non-hydrogen) atoms. The third-order valence-corrected chi connectivity index (χ3v) is 1.58. The van der Waals surface area contributed by atoms with Crippen LogP contribution in [0.4, 0.5) is 0 Å². The van der Waals surface area contributed by atoms with Gasteiger partial charge >= 0.3 is 0 Å². The molecule has 0 saturated heterocycles. The number of carbonyl (C=O) groups is 1. The highest BCUT2D eigenvalue weighted by atomic mass is 16.3. The molecule has 0 rings (SSSR count). The van der Waals surface area contributed by atoms with Crippen LogP contribution in [0.1, 0.15) is 20.3 Å². The zero-order chi connectivity index (χ0) is 8.15. The standard InChI is InChI=1S/C7H15NO2/c1-5(6(2)10)3-7(8)4-9/h5,7,9H,3-4,8H2,1-2H3/t5?,7-/m0/s1. The normalized spacial score (nSPS) is 16.4. The molecular weight excluding hydrogens is 130 g/mol. The summed E-state index contributed by atoms with van der Waals surface area (Å²) in [6.07, 6.45) is 0.575. The van der Waals surface area contributed by atoms with Crippen LogP contribution in [0.3, 0.4) is 0 Å². The lowest BCUT2D eigenvalue weighted by molar-refractivity contribution is -0.120. The van der Waals surface area contributed by atoms with Crippen molar-refractivity contribution in [1.29, 1.82) is 0 Å². The quantitative estimate of drug-likeness (QED) is 0.581. The van der Waals surface area contributed by atoms with Crippen LogP contribution >= 0.6 is 0 Å². The minimum atomic E-state index is -0.251. The van der Waals surface area contributed by atoms with Gasteiger partial charge in [0.25, 0.3) is 0 Å². The van der Waals surface area contributed by atoms with Gasteiger partial charge in [-0.25, -0.2) is 0 Å². The average molecular weight is 145 g/mol. The fraction of sp³-hybridized carbons (Fsp3) is 0.857. The summed E-state index contributed by atoms with van der Waals surface area (Å²) in [6.45, 7) is 3.31. The third-order valence-electron chi connectivity index (χ3n) is 1.58. The van der Waals surface area contributed by atoms with Crippen molar-refractivity contribution in [3.8, 4) is 0 Å². The highest BCUT2D eigenvalue weighted by molar-refractivity contribution is 5.77. The van der Waals surface area contributed by atoms with E-state index in [9.17, 15) is 4.79 Å². The van der Waals surface area contributed by atoms with E-state index in [2.05, 4.69) is 0 Å². The van der Waals surface area contributed by atoms with Crippen molar-refractivity contribution >= 4 is 5.78 Å². The molecule has 0 amide bonds. The minimum absolute atomic E-state index is 0.0258. The van der Waals surface area contributed by atoms with Crippen LogP contribution in [0.5, 0.6) is 0 Å². The Morgan fingerprint density at radius 3 is 2.50 bits per heavy atom. The Morgan fingerprint density at radius 2 is 2.20 bits per heavy atom. The second-order valence-electron chi connectivity index (χ2n) is 2.69. The number of aliphatic hydroxyl groups excluding tert-OH is 1. The molecule has 0 aromatic rings. The molecule has 0 aromatic heterocycles. The molecular formula is C7H15NO2.